The maximum Gasteiger partial charge on any atom is 0.416 e. The van der Waals surface area contributed by atoms with Gasteiger partial charge in [-0.15, -0.1) is 0 Å². The predicted molar refractivity (Wildman–Crippen MR) is 60.9 cm³/mol. The van der Waals surface area contributed by atoms with Gasteiger partial charge in [0.1, 0.15) is 6.33 Å². The molecule has 0 aliphatic rings. The quantitative estimate of drug-likeness (QED) is 0.837. The minimum atomic E-state index is -4.29. The summed E-state index contributed by atoms with van der Waals surface area (Å²) >= 11 is 0. The summed E-state index contributed by atoms with van der Waals surface area (Å²) in [6.07, 6.45) is 1.64. The van der Waals surface area contributed by atoms with Crippen molar-refractivity contribution in [2.24, 2.45) is 0 Å². The first-order valence-electron chi connectivity index (χ1n) is 5.46. The minimum absolute atomic E-state index is 0.539. The van der Waals surface area contributed by atoms with E-state index in [1.54, 1.807) is 18.5 Å². The molecule has 0 aliphatic carbocycles. The van der Waals surface area contributed by atoms with Gasteiger partial charge in [0.25, 0.3) is 0 Å². The number of nitrogens with zero attached hydrogens (tertiary/aromatic N) is 2. The van der Waals surface area contributed by atoms with Crippen molar-refractivity contribution in [2.75, 3.05) is 0 Å². The summed E-state index contributed by atoms with van der Waals surface area (Å²) in [5.74, 6) is 0. The van der Waals surface area contributed by atoms with Crippen molar-refractivity contribution in [3.05, 3.63) is 59.7 Å². The Bertz CT molecular complexity index is 509. The van der Waals surface area contributed by atoms with Crippen LogP contribution in [0.25, 0.3) is 0 Å². The monoisotopic (exact) mass is 252 g/mol. The van der Waals surface area contributed by atoms with E-state index in [2.05, 4.69) is 9.97 Å². The van der Waals surface area contributed by atoms with Crippen molar-refractivity contribution in [3.63, 3.8) is 0 Å². The lowest BCUT2D eigenvalue weighted by molar-refractivity contribution is -0.137. The lowest BCUT2D eigenvalue weighted by atomic mass is 10.0. The first-order valence-corrected chi connectivity index (χ1v) is 5.46. The van der Waals surface area contributed by atoms with E-state index in [0.29, 0.717) is 18.4 Å². The molecule has 0 atom stereocenters. The molecule has 1 heterocycles. The second-order valence-corrected chi connectivity index (χ2v) is 3.94. The van der Waals surface area contributed by atoms with Crippen LogP contribution in [0.3, 0.4) is 0 Å². The largest absolute Gasteiger partial charge is 0.416 e. The van der Waals surface area contributed by atoms with Gasteiger partial charge in [0.2, 0.25) is 0 Å². The molecule has 5 heteroatoms. The third-order valence-electron chi connectivity index (χ3n) is 2.57. The summed E-state index contributed by atoms with van der Waals surface area (Å²) < 4.78 is 37.5. The van der Waals surface area contributed by atoms with E-state index in [9.17, 15) is 13.2 Å². The van der Waals surface area contributed by atoms with E-state index in [1.165, 1.54) is 18.5 Å². The summed E-state index contributed by atoms with van der Waals surface area (Å²) in [6.45, 7) is 0. The molecule has 1 aromatic heterocycles. The fourth-order valence-corrected chi connectivity index (χ4v) is 1.65. The second-order valence-electron chi connectivity index (χ2n) is 3.94. The van der Waals surface area contributed by atoms with Crippen LogP contribution in [-0.2, 0) is 19.0 Å². The van der Waals surface area contributed by atoms with Gasteiger partial charge >= 0.3 is 6.18 Å². The highest BCUT2D eigenvalue weighted by atomic mass is 19.4. The maximum atomic E-state index is 12.5. The van der Waals surface area contributed by atoms with Crippen LogP contribution in [0.2, 0.25) is 0 Å². The number of aromatic nitrogens is 2. The smallest absolute Gasteiger partial charge is 0.245 e. The molecule has 94 valence electrons. The van der Waals surface area contributed by atoms with Gasteiger partial charge in [-0.05, 0) is 30.0 Å². The number of alkyl halides is 3. The molecule has 0 fully saturated rings. The van der Waals surface area contributed by atoms with Gasteiger partial charge in [-0.25, -0.2) is 9.97 Å². The zero-order chi connectivity index (χ0) is 13.0. The van der Waals surface area contributed by atoms with E-state index in [4.69, 9.17) is 0 Å². The number of aryl methyl sites for hydroxylation is 2. The standard InChI is InChI=1S/C13H11F3N2/c14-13(15,16)12-3-1-2-10(6-12)4-5-11-7-17-9-18-8-11/h1-3,6-9H,4-5H2. The number of halogens is 3. The van der Waals surface area contributed by atoms with Gasteiger partial charge in [0.15, 0.2) is 0 Å². The zero-order valence-corrected chi connectivity index (χ0v) is 9.48. The molecular formula is C13H11F3N2. The lowest BCUT2D eigenvalue weighted by Gasteiger charge is -2.08. The highest BCUT2D eigenvalue weighted by Gasteiger charge is 2.30. The van der Waals surface area contributed by atoms with E-state index >= 15 is 0 Å². The van der Waals surface area contributed by atoms with Gasteiger partial charge in [-0.2, -0.15) is 13.2 Å². The fraction of sp³-hybridized carbons (Fsp3) is 0.231. The Hall–Kier alpha value is -1.91. The van der Waals surface area contributed by atoms with Gasteiger partial charge in [-0.1, -0.05) is 18.2 Å². The molecule has 0 bridgehead atoms. The zero-order valence-electron chi connectivity index (χ0n) is 9.48. The molecule has 0 radical (unpaired) electrons. The minimum Gasteiger partial charge on any atom is -0.245 e. The predicted octanol–water partition coefficient (Wildman–Crippen LogP) is 3.28. The molecule has 0 amide bonds. The van der Waals surface area contributed by atoms with E-state index < -0.39 is 11.7 Å². The van der Waals surface area contributed by atoms with Gasteiger partial charge in [0.05, 0.1) is 5.56 Å². The Morgan fingerprint density at radius 2 is 1.61 bits per heavy atom. The van der Waals surface area contributed by atoms with Crippen LogP contribution in [0.5, 0.6) is 0 Å². The summed E-state index contributed by atoms with van der Waals surface area (Å²) in [7, 11) is 0. The van der Waals surface area contributed by atoms with Crippen molar-refractivity contribution in [3.8, 4) is 0 Å². The molecule has 2 aromatic rings. The second kappa shape index (κ2) is 5.16. The van der Waals surface area contributed by atoms with E-state index in [0.717, 1.165) is 11.6 Å². The summed E-state index contributed by atoms with van der Waals surface area (Å²) in [5, 5.41) is 0. The van der Waals surface area contributed by atoms with Crippen LogP contribution >= 0.6 is 0 Å². The van der Waals surface area contributed by atoms with E-state index in [-0.39, 0.29) is 0 Å². The Kier molecular flexibility index (Phi) is 3.60. The molecule has 2 nitrogen and oxygen atoms in total. The first-order chi connectivity index (χ1) is 8.55. The summed E-state index contributed by atoms with van der Waals surface area (Å²) in [4.78, 5) is 7.73. The van der Waals surface area contributed by atoms with Crippen LogP contribution < -0.4 is 0 Å². The van der Waals surface area contributed by atoms with Crippen LogP contribution in [0.4, 0.5) is 13.2 Å². The van der Waals surface area contributed by atoms with Crippen LogP contribution in [0.15, 0.2) is 43.0 Å². The van der Waals surface area contributed by atoms with Crippen molar-refractivity contribution in [2.45, 2.75) is 19.0 Å². The summed E-state index contributed by atoms with van der Waals surface area (Å²) in [6, 6.07) is 5.39. The highest BCUT2D eigenvalue weighted by Crippen LogP contribution is 2.29. The number of benzene rings is 1. The lowest BCUT2D eigenvalue weighted by Crippen LogP contribution is -2.05. The van der Waals surface area contributed by atoms with Gasteiger partial charge in [-0.3, -0.25) is 0 Å². The van der Waals surface area contributed by atoms with Crippen molar-refractivity contribution >= 4 is 0 Å². The number of rotatable bonds is 3. The third kappa shape index (κ3) is 3.29. The number of hydrogen-bond acceptors (Lipinski definition) is 2. The first kappa shape index (κ1) is 12.5. The highest BCUT2D eigenvalue weighted by molar-refractivity contribution is 5.26. The molecule has 18 heavy (non-hydrogen) atoms. The van der Waals surface area contributed by atoms with Crippen molar-refractivity contribution in [1.29, 1.82) is 0 Å². The SMILES string of the molecule is FC(F)(F)c1cccc(CCc2cncnc2)c1. The maximum absolute atomic E-state index is 12.5. The van der Waals surface area contributed by atoms with Crippen molar-refractivity contribution < 1.29 is 13.2 Å². The molecule has 0 aliphatic heterocycles. The molecule has 0 unspecified atom stereocenters. The average molecular weight is 252 g/mol. The Labute approximate surface area is 103 Å². The van der Waals surface area contributed by atoms with Crippen LogP contribution in [-0.4, -0.2) is 9.97 Å². The van der Waals surface area contributed by atoms with Gasteiger partial charge in [0, 0.05) is 12.4 Å². The van der Waals surface area contributed by atoms with Crippen LogP contribution in [0.1, 0.15) is 16.7 Å². The Morgan fingerprint density at radius 1 is 0.944 bits per heavy atom. The van der Waals surface area contributed by atoms with E-state index in [1.807, 2.05) is 0 Å². The molecule has 0 saturated heterocycles. The molecule has 2 rings (SSSR count). The molecule has 1 aromatic carbocycles. The van der Waals surface area contributed by atoms with Crippen LogP contribution in [0, 0.1) is 0 Å². The Morgan fingerprint density at radius 3 is 2.28 bits per heavy atom. The topological polar surface area (TPSA) is 25.8 Å². The number of hydrogen-bond donors (Lipinski definition) is 0. The fourth-order valence-electron chi connectivity index (χ4n) is 1.65. The normalized spacial score (nSPS) is 11.5. The Balaban J connectivity index is 2.06. The summed E-state index contributed by atoms with van der Waals surface area (Å²) in [5.41, 5.74) is 0.966. The van der Waals surface area contributed by atoms with Crippen molar-refractivity contribution in [1.82, 2.24) is 9.97 Å². The molecule has 0 saturated carbocycles. The molecule has 0 spiro atoms. The third-order valence-corrected chi connectivity index (χ3v) is 2.57. The van der Waals surface area contributed by atoms with Gasteiger partial charge < -0.3 is 0 Å². The molecule has 0 N–H and O–H groups in total. The molecular weight excluding hydrogens is 241 g/mol. The average Bonchev–Trinajstić information content (AvgIpc) is 2.37.